The molecule has 2 N–H and O–H groups in total. The summed E-state index contributed by atoms with van der Waals surface area (Å²) in [7, 11) is 0. The Kier molecular flexibility index (Phi) is 6.17. The van der Waals surface area contributed by atoms with Crippen molar-refractivity contribution in [1.82, 2.24) is 15.1 Å². The van der Waals surface area contributed by atoms with Crippen molar-refractivity contribution in [3.05, 3.63) is 0 Å². The molecule has 0 spiro atoms. The van der Waals surface area contributed by atoms with Crippen LogP contribution in [0, 0.1) is 0 Å². The Balaban J connectivity index is 1.81. The molecule has 7 heteroatoms. The van der Waals surface area contributed by atoms with E-state index in [-0.39, 0.29) is 11.4 Å². The molecule has 120 valence electrons. The molecule has 0 aromatic rings. The highest BCUT2D eigenvalue weighted by Gasteiger charge is 2.40. The predicted molar refractivity (Wildman–Crippen MR) is 83.5 cm³/mol. The van der Waals surface area contributed by atoms with Gasteiger partial charge in [-0.15, -0.1) is 11.8 Å². The first-order valence-corrected chi connectivity index (χ1v) is 8.81. The molecule has 0 aliphatic carbocycles. The summed E-state index contributed by atoms with van der Waals surface area (Å²) < 4.78 is 0. The summed E-state index contributed by atoms with van der Waals surface area (Å²) in [6.45, 7) is 5.62. The summed E-state index contributed by atoms with van der Waals surface area (Å²) in [6.07, 6.45) is 4.53. The smallest absolute Gasteiger partial charge is 0.327 e. The lowest BCUT2D eigenvalue weighted by molar-refractivity contribution is -0.141. The van der Waals surface area contributed by atoms with Gasteiger partial charge in [0.25, 0.3) is 0 Å². The van der Waals surface area contributed by atoms with E-state index in [1.165, 1.54) is 24.2 Å². The van der Waals surface area contributed by atoms with E-state index in [1.54, 1.807) is 11.8 Å². The van der Waals surface area contributed by atoms with Crippen LogP contribution >= 0.6 is 11.8 Å². The highest BCUT2D eigenvalue weighted by Crippen LogP contribution is 2.31. The largest absolute Gasteiger partial charge is 0.480 e. The van der Waals surface area contributed by atoms with E-state index in [1.807, 2.05) is 6.92 Å². The van der Waals surface area contributed by atoms with Crippen LogP contribution in [-0.4, -0.2) is 70.3 Å². The first-order valence-electron chi connectivity index (χ1n) is 7.76. The molecule has 0 saturated carbocycles. The van der Waals surface area contributed by atoms with Crippen LogP contribution in [0.25, 0.3) is 0 Å². The van der Waals surface area contributed by atoms with Crippen LogP contribution in [0.5, 0.6) is 0 Å². The number of urea groups is 1. The lowest BCUT2D eigenvalue weighted by atomic mass is 10.1. The van der Waals surface area contributed by atoms with E-state index < -0.39 is 12.0 Å². The molecule has 2 rings (SSSR count). The fraction of sp³-hybridized carbons (Fsp3) is 0.857. The van der Waals surface area contributed by atoms with Crippen LogP contribution in [0.1, 0.15) is 32.6 Å². The number of piperidine rings is 1. The molecule has 0 bridgehead atoms. The Morgan fingerprint density at radius 3 is 2.62 bits per heavy atom. The molecule has 6 nitrogen and oxygen atoms in total. The Morgan fingerprint density at radius 1 is 1.29 bits per heavy atom. The molecule has 2 aliphatic heterocycles. The number of hydrogen-bond acceptors (Lipinski definition) is 4. The second kappa shape index (κ2) is 7.89. The van der Waals surface area contributed by atoms with Crippen molar-refractivity contribution in [2.45, 2.75) is 44.0 Å². The summed E-state index contributed by atoms with van der Waals surface area (Å²) in [5, 5.41) is 12.1. The minimum atomic E-state index is -0.912. The van der Waals surface area contributed by atoms with Gasteiger partial charge in [-0.3, -0.25) is 4.90 Å². The lowest BCUT2D eigenvalue weighted by Gasteiger charge is -2.29. The van der Waals surface area contributed by atoms with E-state index in [0.717, 1.165) is 26.1 Å². The number of hydrogen-bond donors (Lipinski definition) is 2. The molecular formula is C14H25N3O3S. The average Bonchev–Trinajstić information content (AvgIpc) is 2.92. The lowest BCUT2D eigenvalue weighted by Crippen LogP contribution is -2.51. The van der Waals surface area contributed by atoms with E-state index >= 15 is 0 Å². The molecule has 0 aromatic heterocycles. The van der Waals surface area contributed by atoms with Crippen molar-refractivity contribution in [3.8, 4) is 0 Å². The highest BCUT2D eigenvalue weighted by molar-refractivity contribution is 8.00. The molecule has 2 heterocycles. The fourth-order valence-electron chi connectivity index (χ4n) is 2.94. The maximum atomic E-state index is 12.3. The van der Waals surface area contributed by atoms with Crippen LogP contribution in [-0.2, 0) is 4.79 Å². The van der Waals surface area contributed by atoms with Gasteiger partial charge in [-0.25, -0.2) is 9.59 Å². The number of carboxylic acid groups (broad SMARTS) is 1. The number of carbonyl (C=O) groups is 2. The number of thioether (sulfide) groups is 1. The number of nitrogens with zero attached hydrogens (tertiary/aromatic N) is 2. The second-order valence-electron chi connectivity index (χ2n) is 5.59. The number of amides is 2. The number of carboxylic acids is 1. The third kappa shape index (κ3) is 4.26. The van der Waals surface area contributed by atoms with Gasteiger partial charge in [-0.05, 0) is 32.4 Å². The zero-order valence-corrected chi connectivity index (χ0v) is 13.4. The molecule has 2 unspecified atom stereocenters. The average molecular weight is 315 g/mol. The molecule has 2 saturated heterocycles. The predicted octanol–water partition coefficient (Wildman–Crippen LogP) is 1.42. The number of aliphatic carboxylic acids is 1. The van der Waals surface area contributed by atoms with Gasteiger partial charge in [0.1, 0.15) is 6.04 Å². The Morgan fingerprint density at radius 2 is 2.00 bits per heavy atom. The molecule has 2 fully saturated rings. The van der Waals surface area contributed by atoms with Crippen LogP contribution in [0.3, 0.4) is 0 Å². The normalized spacial score (nSPS) is 26.8. The monoisotopic (exact) mass is 315 g/mol. The zero-order chi connectivity index (χ0) is 15.2. The Labute approximate surface area is 130 Å². The van der Waals surface area contributed by atoms with Crippen LogP contribution in [0.4, 0.5) is 4.79 Å². The summed E-state index contributed by atoms with van der Waals surface area (Å²) in [5.74, 6) is -0.433. The van der Waals surface area contributed by atoms with Crippen molar-refractivity contribution in [3.63, 3.8) is 0 Å². The van der Waals surface area contributed by atoms with Gasteiger partial charge in [-0.2, -0.15) is 0 Å². The number of likely N-dealkylation sites (tertiary alicyclic amines) is 1. The summed E-state index contributed by atoms with van der Waals surface area (Å²) >= 11 is 1.55. The van der Waals surface area contributed by atoms with Crippen LogP contribution < -0.4 is 5.32 Å². The summed E-state index contributed by atoms with van der Waals surface area (Å²) in [5.41, 5.74) is 0. The zero-order valence-electron chi connectivity index (χ0n) is 12.6. The molecule has 21 heavy (non-hydrogen) atoms. The molecule has 2 aliphatic rings. The Hall–Kier alpha value is -0.950. The van der Waals surface area contributed by atoms with Gasteiger partial charge in [0.15, 0.2) is 0 Å². The maximum absolute atomic E-state index is 12.3. The van der Waals surface area contributed by atoms with Crippen molar-refractivity contribution in [2.75, 3.05) is 31.9 Å². The first-order chi connectivity index (χ1) is 10.1. The van der Waals surface area contributed by atoms with E-state index in [0.29, 0.717) is 12.3 Å². The van der Waals surface area contributed by atoms with Crippen LogP contribution in [0.15, 0.2) is 0 Å². The Bertz CT molecular complexity index is 374. The topological polar surface area (TPSA) is 72.9 Å². The molecular weight excluding hydrogens is 290 g/mol. The standard InChI is InChI=1S/C14H25N3O3S/c1-2-12-17(11(10-21-12)13(18)19)14(20)15-6-9-16-7-4-3-5-8-16/h11-12H,2-10H2,1H3,(H,15,20)(H,18,19). The van der Waals surface area contributed by atoms with Gasteiger partial charge < -0.3 is 15.3 Å². The number of nitrogens with one attached hydrogen (secondary N) is 1. The van der Waals surface area contributed by atoms with E-state index in [4.69, 9.17) is 0 Å². The van der Waals surface area contributed by atoms with Gasteiger partial charge >= 0.3 is 12.0 Å². The van der Waals surface area contributed by atoms with Crippen molar-refractivity contribution < 1.29 is 14.7 Å². The minimum absolute atomic E-state index is 0.0268. The number of rotatable bonds is 5. The van der Waals surface area contributed by atoms with Gasteiger partial charge in [-0.1, -0.05) is 13.3 Å². The van der Waals surface area contributed by atoms with Gasteiger partial charge in [0, 0.05) is 18.8 Å². The quantitative estimate of drug-likeness (QED) is 0.803. The van der Waals surface area contributed by atoms with Crippen LogP contribution in [0.2, 0.25) is 0 Å². The van der Waals surface area contributed by atoms with Crippen molar-refractivity contribution in [1.29, 1.82) is 0 Å². The fourth-order valence-corrected chi connectivity index (χ4v) is 4.28. The first kappa shape index (κ1) is 16.4. The summed E-state index contributed by atoms with van der Waals surface area (Å²) in [4.78, 5) is 27.4. The second-order valence-corrected chi connectivity index (χ2v) is 6.80. The number of carbonyl (C=O) groups excluding carboxylic acids is 1. The van der Waals surface area contributed by atoms with Crippen molar-refractivity contribution >= 4 is 23.8 Å². The van der Waals surface area contributed by atoms with Crippen molar-refractivity contribution in [2.24, 2.45) is 0 Å². The van der Waals surface area contributed by atoms with Gasteiger partial charge in [0.05, 0.1) is 5.37 Å². The van der Waals surface area contributed by atoms with E-state index in [2.05, 4.69) is 10.2 Å². The minimum Gasteiger partial charge on any atom is -0.480 e. The molecule has 2 atom stereocenters. The van der Waals surface area contributed by atoms with E-state index in [9.17, 15) is 14.7 Å². The third-order valence-electron chi connectivity index (χ3n) is 4.11. The molecule has 2 amide bonds. The SMILES string of the molecule is CCC1SCC(C(=O)O)N1C(=O)NCCN1CCCCC1. The summed E-state index contributed by atoms with van der Waals surface area (Å²) in [6, 6.07) is -0.939. The molecule has 0 aromatic carbocycles. The highest BCUT2D eigenvalue weighted by atomic mass is 32.2. The maximum Gasteiger partial charge on any atom is 0.327 e. The van der Waals surface area contributed by atoms with Gasteiger partial charge in [0.2, 0.25) is 0 Å². The third-order valence-corrected chi connectivity index (χ3v) is 5.57. The molecule has 0 radical (unpaired) electrons.